The van der Waals surface area contributed by atoms with E-state index >= 15 is 0 Å². The van der Waals surface area contributed by atoms with Crippen molar-refractivity contribution in [1.82, 2.24) is 0 Å². The minimum atomic E-state index is -1.01. The second-order valence-electron chi connectivity index (χ2n) is 6.10. The predicted molar refractivity (Wildman–Crippen MR) is 95.7 cm³/mol. The van der Waals surface area contributed by atoms with Gasteiger partial charge >= 0.3 is 12.0 Å². The van der Waals surface area contributed by atoms with Gasteiger partial charge in [-0.25, -0.2) is 9.59 Å². The third kappa shape index (κ3) is 3.57. The fraction of sp³-hybridized carbons (Fsp3) is 0.263. The lowest BCUT2D eigenvalue weighted by Crippen LogP contribution is -2.31. The fourth-order valence-corrected chi connectivity index (χ4v) is 2.80. The van der Waals surface area contributed by atoms with Gasteiger partial charge in [0.1, 0.15) is 5.75 Å². The van der Waals surface area contributed by atoms with Crippen molar-refractivity contribution in [3.63, 3.8) is 0 Å². The van der Waals surface area contributed by atoms with Gasteiger partial charge in [0.2, 0.25) is 0 Å². The summed E-state index contributed by atoms with van der Waals surface area (Å²) in [6.45, 7) is 4.97. The van der Waals surface area contributed by atoms with Gasteiger partial charge in [-0.15, -0.1) is 0 Å². The van der Waals surface area contributed by atoms with Crippen molar-refractivity contribution in [2.75, 3.05) is 22.9 Å². The molecule has 0 radical (unpaired) electrons. The first-order chi connectivity index (χ1) is 12.0. The van der Waals surface area contributed by atoms with E-state index in [1.165, 1.54) is 12.1 Å². The standard InChI is InChI=1S/C19H20N2O4/c1-13(2)25-17-8-6-15(7-9-17)20-10-11-21(19(20)24)16-5-3-4-14(12-16)18(22)23/h3-9,12-13H,10-11H2,1-2H3,(H,22,23). The number of carbonyl (C=O) groups excluding carboxylic acids is 1. The summed E-state index contributed by atoms with van der Waals surface area (Å²) in [5, 5.41) is 9.11. The second-order valence-corrected chi connectivity index (χ2v) is 6.10. The van der Waals surface area contributed by atoms with Crippen LogP contribution < -0.4 is 14.5 Å². The number of anilines is 2. The Hall–Kier alpha value is -3.02. The second kappa shape index (κ2) is 6.84. The Bertz CT molecular complexity index is 786. The largest absolute Gasteiger partial charge is 0.491 e. The monoisotopic (exact) mass is 340 g/mol. The van der Waals surface area contributed by atoms with Crippen LogP contribution >= 0.6 is 0 Å². The van der Waals surface area contributed by atoms with Gasteiger partial charge in [-0.2, -0.15) is 0 Å². The van der Waals surface area contributed by atoms with Crippen LogP contribution in [0.1, 0.15) is 24.2 Å². The summed E-state index contributed by atoms with van der Waals surface area (Å²) < 4.78 is 5.62. The Kier molecular flexibility index (Phi) is 4.61. The van der Waals surface area contributed by atoms with Crippen LogP contribution in [0, 0.1) is 0 Å². The molecule has 0 saturated carbocycles. The van der Waals surface area contributed by atoms with Crippen molar-refractivity contribution < 1.29 is 19.4 Å². The Labute approximate surface area is 146 Å². The minimum absolute atomic E-state index is 0.0938. The normalized spacial score (nSPS) is 14.3. The van der Waals surface area contributed by atoms with Crippen LogP contribution in [0.3, 0.4) is 0 Å². The van der Waals surface area contributed by atoms with Gasteiger partial charge in [-0.1, -0.05) is 6.07 Å². The molecule has 6 heteroatoms. The smallest absolute Gasteiger partial charge is 0.335 e. The number of carbonyl (C=O) groups is 2. The number of hydrogen-bond acceptors (Lipinski definition) is 3. The molecule has 2 aromatic carbocycles. The molecule has 6 nitrogen and oxygen atoms in total. The number of benzene rings is 2. The van der Waals surface area contributed by atoms with Crippen molar-refractivity contribution in [3.8, 4) is 5.75 Å². The molecule has 1 aliphatic heterocycles. The number of urea groups is 1. The van der Waals surface area contributed by atoms with Crippen molar-refractivity contribution in [2.45, 2.75) is 20.0 Å². The van der Waals surface area contributed by atoms with Crippen molar-refractivity contribution >= 4 is 23.4 Å². The maximum atomic E-state index is 12.7. The van der Waals surface area contributed by atoms with Crippen molar-refractivity contribution in [1.29, 1.82) is 0 Å². The van der Waals surface area contributed by atoms with E-state index in [9.17, 15) is 9.59 Å². The molecular formula is C19H20N2O4. The van der Waals surface area contributed by atoms with Gasteiger partial charge in [0.25, 0.3) is 0 Å². The van der Waals surface area contributed by atoms with Crippen molar-refractivity contribution in [2.24, 2.45) is 0 Å². The minimum Gasteiger partial charge on any atom is -0.491 e. The van der Waals surface area contributed by atoms with Gasteiger partial charge in [0.05, 0.1) is 11.7 Å². The lowest BCUT2D eigenvalue weighted by Gasteiger charge is -2.19. The van der Waals surface area contributed by atoms with Crippen LogP contribution in [-0.2, 0) is 0 Å². The van der Waals surface area contributed by atoms with E-state index in [1.807, 2.05) is 38.1 Å². The Morgan fingerprint density at radius 1 is 1.04 bits per heavy atom. The molecule has 3 rings (SSSR count). The summed E-state index contributed by atoms with van der Waals surface area (Å²) in [5.41, 5.74) is 1.55. The molecule has 1 fully saturated rings. The summed E-state index contributed by atoms with van der Waals surface area (Å²) in [6, 6.07) is 13.6. The molecule has 1 aliphatic rings. The highest BCUT2D eigenvalue weighted by Crippen LogP contribution is 2.27. The van der Waals surface area contributed by atoms with Gasteiger partial charge in [-0.05, 0) is 56.3 Å². The maximum Gasteiger partial charge on any atom is 0.335 e. The number of carboxylic acid groups (broad SMARTS) is 1. The van der Waals surface area contributed by atoms with Crippen LogP contribution in [0.4, 0.5) is 16.2 Å². The first-order valence-electron chi connectivity index (χ1n) is 8.15. The first kappa shape index (κ1) is 16.8. The molecule has 1 heterocycles. The average Bonchev–Trinajstić information content (AvgIpc) is 2.97. The number of nitrogens with zero attached hydrogens (tertiary/aromatic N) is 2. The molecule has 0 aromatic heterocycles. The number of rotatable bonds is 5. The van der Waals surface area contributed by atoms with Crippen molar-refractivity contribution in [3.05, 3.63) is 54.1 Å². The van der Waals surface area contributed by atoms with Gasteiger partial charge in [0.15, 0.2) is 0 Å². The highest BCUT2D eigenvalue weighted by Gasteiger charge is 2.30. The topological polar surface area (TPSA) is 70.1 Å². The summed E-state index contributed by atoms with van der Waals surface area (Å²) in [6.07, 6.45) is 0.0938. The average molecular weight is 340 g/mol. The summed E-state index contributed by atoms with van der Waals surface area (Å²) >= 11 is 0. The van der Waals surface area contributed by atoms with E-state index in [0.29, 0.717) is 18.8 Å². The molecule has 0 spiro atoms. The lowest BCUT2D eigenvalue weighted by molar-refractivity contribution is 0.0697. The van der Waals surface area contributed by atoms with E-state index in [4.69, 9.17) is 9.84 Å². The van der Waals surface area contributed by atoms with E-state index in [-0.39, 0.29) is 17.7 Å². The molecule has 0 aliphatic carbocycles. The number of aromatic carboxylic acids is 1. The molecule has 130 valence electrons. The fourth-order valence-electron chi connectivity index (χ4n) is 2.80. The highest BCUT2D eigenvalue weighted by atomic mass is 16.5. The zero-order chi connectivity index (χ0) is 18.0. The zero-order valence-electron chi connectivity index (χ0n) is 14.2. The number of carboxylic acids is 1. The Balaban J connectivity index is 1.77. The van der Waals surface area contributed by atoms with Gasteiger partial charge < -0.3 is 9.84 Å². The summed E-state index contributed by atoms with van der Waals surface area (Å²) in [4.78, 5) is 27.1. The molecule has 0 bridgehead atoms. The molecule has 0 unspecified atom stereocenters. The molecule has 25 heavy (non-hydrogen) atoms. The number of amides is 2. The molecule has 2 aromatic rings. The van der Waals surface area contributed by atoms with E-state index in [0.717, 1.165) is 11.4 Å². The first-order valence-corrected chi connectivity index (χ1v) is 8.15. The quantitative estimate of drug-likeness (QED) is 0.902. The molecule has 1 N–H and O–H groups in total. The molecule has 2 amide bonds. The van der Waals surface area contributed by atoms with Crippen LogP contribution in [0.15, 0.2) is 48.5 Å². The van der Waals surface area contributed by atoms with Crippen LogP contribution in [0.2, 0.25) is 0 Å². The number of ether oxygens (including phenoxy) is 1. The van der Waals surface area contributed by atoms with Crippen LogP contribution in [-0.4, -0.2) is 36.3 Å². The molecule has 1 saturated heterocycles. The van der Waals surface area contributed by atoms with E-state index < -0.39 is 5.97 Å². The van der Waals surface area contributed by atoms with E-state index in [2.05, 4.69) is 0 Å². The molecular weight excluding hydrogens is 320 g/mol. The Morgan fingerprint density at radius 2 is 1.68 bits per heavy atom. The van der Waals surface area contributed by atoms with Gasteiger partial charge in [-0.3, -0.25) is 9.80 Å². The Morgan fingerprint density at radius 3 is 2.28 bits per heavy atom. The zero-order valence-corrected chi connectivity index (χ0v) is 14.2. The molecule has 0 atom stereocenters. The third-order valence-corrected chi connectivity index (χ3v) is 3.93. The van der Waals surface area contributed by atoms with Crippen LogP contribution in [0.25, 0.3) is 0 Å². The maximum absolute atomic E-state index is 12.7. The lowest BCUT2D eigenvalue weighted by atomic mass is 10.2. The van der Waals surface area contributed by atoms with E-state index in [1.54, 1.807) is 21.9 Å². The predicted octanol–water partition coefficient (Wildman–Crippen LogP) is 3.62. The third-order valence-electron chi connectivity index (χ3n) is 3.93. The number of hydrogen-bond donors (Lipinski definition) is 1. The highest BCUT2D eigenvalue weighted by molar-refractivity contribution is 6.06. The van der Waals surface area contributed by atoms with Gasteiger partial charge in [0, 0.05) is 24.5 Å². The van der Waals surface area contributed by atoms with Crippen LogP contribution in [0.5, 0.6) is 5.75 Å². The summed E-state index contributed by atoms with van der Waals surface area (Å²) in [5.74, 6) is -0.248. The summed E-state index contributed by atoms with van der Waals surface area (Å²) in [7, 11) is 0. The SMILES string of the molecule is CC(C)Oc1ccc(N2CCN(c3cccc(C(=O)O)c3)C2=O)cc1.